The van der Waals surface area contributed by atoms with Gasteiger partial charge in [-0.05, 0) is 32.0 Å². The lowest BCUT2D eigenvalue weighted by Gasteiger charge is -2.04. The Kier molecular flexibility index (Phi) is 3.52. The molecule has 0 atom stereocenters. The molecule has 0 amide bonds. The molecule has 21 heavy (non-hydrogen) atoms. The summed E-state index contributed by atoms with van der Waals surface area (Å²) < 4.78 is 1.86. The third-order valence-corrected chi connectivity index (χ3v) is 3.42. The predicted octanol–water partition coefficient (Wildman–Crippen LogP) is 3.44. The molecule has 4 heteroatoms. The fourth-order valence-corrected chi connectivity index (χ4v) is 2.24. The van der Waals surface area contributed by atoms with Gasteiger partial charge in [0.15, 0.2) is 5.78 Å². The molecular weight excluding hydrogens is 262 g/mol. The van der Waals surface area contributed by atoms with E-state index in [1.54, 1.807) is 6.07 Å². The van der Waals surface area contributed by atoms with Crippen LogP contribution in [0.2, 0.25) is 0 Å². The van der Waals surface area contributed by atoms with Crippen molar-refractivity contribution in [2.75, 3.05) is 0 Å². The minimum Gasteiger partial charge on any atom is -0.292 e. The van der Waals surface area contributed by atoms with Crippen molar-refractivity contribution in [1.82, 2.24) is 14.8 Å². The van der Waals surface area contributed by atoms with Crippen LogP contribution in [0.25, 0.3) is 10.9 Å². The molecule has 0 saturated heterocycles. The van der Waals surface area contributed by atoms with Crippen LogP contribution in [0.1, 0.15) is 36.1 Å². The maximum Gasteiger partial charge on any atom is 0.187 e. The molecule has 0 aliphatic heterocycles. The van der Waals surface area contributed by atoms with Gasteiger partial charge in [0.25, 0.3) is 0 Å². The van der Waals surface area contributed by atoms with Crippen molar-refractivity contribution >= 4 is 16.7 Å². The van der Waals surface area contributed by atoms with Gasteiger partial charge in [-0.25, -0.2) is 4.98 Å². The van der Waals surface area contributed by atoms with Crippen LogP contribution in [0.3, 0.4) is 0 Å². The number of pyridine rings is 1. The number of carbonyl (C=O) groups is 1. The number of ketones is 1. The van der Waals surface area contributed by atoms with Gasteiger partial charge in [0.05, 0.1) is 17.6 Å². The zero-order chi connectivity index (χ0) is 14.8. The molecule has 0 fully saturated rings. The van der Waals surface area contributed by atoms with E-state index in [1.807, 2.05) is 47.3 Å². The van der Waals surface area contributed by atoms with Crippen LogP contribution in [-0.2, 0) is 6.42 Å². The first-order chi connectivity index (χ1) is 10.1. The molecule has 4 nitrogen and oxygen atoms in total. The van der Waals surface area contributed by atoms with Gasteiger partial charge in [0, 0.05) is 17.6 Å². The standard InChI is InChI=1S/C17H17N3O/c1-12(2)20-10-9-14(19-20)11-17(21)16-8-7-13-5-3-4-6-15(13)18-16/h3-10,12H,11H2,1-2H3. The Morgan fingerprint density at radius 3 is 2.71 bits per heavy atom. The Hall–Kier alpha value is -2.49. The molecule has 3 aromatic rings. The summed E-state index contributed by atoms with van der Waals surface area (Å²) in [6.07, 6.45) is 2.19. The van der Waals surface area contributed by atoms with E-state index >= 15 is 0 Å². The van der Waals surface area contributed by atoms with Crippen LogP contribution in [0.5, 0.6) is 0 Å². The summed E-state index contributed by atoms with van der Waals surface area (Å²) in [5.74, 6) is -0.00485. The minimum atomic E-state index is -0.00485. The first-order valence-corrected chi connectivity index (χ1v) is 7.06. The molecule has 0 unspecified atom stereocenters. The number of fused-ring (bicyclic) bond motifs is 1. The fourth-order valence-electron chi connectivity index (χ4n) is 2.24. The van der Waals surface area contributed by atoms with Crippen molar-refractivity contribution in [3.8, 4) is 0 Å². The molecule has 0 N–H and O–H groups in total. The summed E-state index contributed by atoms with van der Waals surface area (Å²) in [5.41, 5.74) is 2.12. The predicted molar refractivity (Wildman–Crippen MR) is 82.4 cm³/mol. The number of carbonyl (C=O) groups excluding carboxylic acids is 1. The Bertz CT molecular complexity index is 789. The highest BCUT2D eigenvalue weighted by Gasteiger charge is 2.12. The fraction of sp³-hybridized carbons (Fsp3) is 0.235. The highest BCUT2D eigenvalue weighted by atomic mass is 16.1. The topological polar surface area (TPSA) is 47.8 Å². The van der Waals surface area contributed by atoms with Gasteiger partial charge in [-0.1, -0.05) is 24.3 Å². The molecule has 0 bridgehead atoms. The van der Waals surface area contributed by atoms with E-state index in [-0.39, 0.29) is 12.2 Å². The molecule has 2 heterocycles. The molecule has 0 aliphatic rings. The summed E-state index contributed by atoms with van der Waals surface area (Å²) in [6.45, 7) is 4.12. The summed E-state index contributed by atoms with van der Waals surface area (Å²) in [4.78, 5) is 16.8. The van der Waals surface area contributed by atoms with Crippen molar-refractivity contribution in [2.45, 2.75) is 26.3 Å². The third-order valence-electron chi connectivity index (χ3n) is 3.42. The number of benzene rings is 1. The Balaban J connectivity index is 1.82. The second-order valence-corrected chi connectivity index (χ2v) is 5.37. The SMILES string of the molecule is CC(C)n1ccc(CC(=O)c2ccc3ccccc3n2)n1. The van der Waals surface area contributed by atoms with Gasteiger partial charge in [0.2, 0.25) is 0 Å². The average molecular weight is 279 g/mol. The van der Waals surface area contributed by atoms with Gasteiger partial charge < -0.3 is 0 Å². The number of aromatic nitrogens is 3. The van der Waals surface area contributed by atoms with Crippen LogP contribution < -0.4 is 0 Å². The number of hydrogen-bond donors (Lipinski definition) is 0. The van der Waals surface area contributed by atoms with Gasteiger partial charge in [-0.15, -0.1) is 0 Å². The zero-order valence-corrected chi connectivity index (χ0v) is 12.2. The third kappa shape index (κ3) is 2.84. The Morgan fingerprint density at radius 1 is 1.14 bits per heavy atom. The Labute approximate surface area is 123 Å². The minimum absolute atomic E-state index is 0.00485. The van der Waals surface area contributed by atoms with E-state index in [2.05, 4.69) is 23.9 Å². The van der Waals surface area contributed by atoms with E-state index < -0.39 is 0 Å². The highest BCUT2D eigenvalue weighted by Crippen LogP contribution is 2.13. The van der Waals surface area contributed by atoms with E-state index in [1.165, 1.54) is 0 Å². The quantitative estimate of drug-likeness (QED) is 0.687. The lowest BCUT2D eigenvalue weighted by Crippen LogP contribution is -2.08. The van der Waals surface area contributed by atoms with Crippen molar-refractivity contribution in [3.63, 3.8) is 0 Å². The summed E-state index contributed by atoms with van der Waals surface area (Å²) in [5, 5.41) is 5.45. The maximum absolute atomic E-state index is 12.3. The normalized spacial score (nSPS) is 11.2. The van der Waals surface area contributed by atoms with Crippen LogP contribution in [0.4, 0.5) is 0 Å². The van der Waals surface area contributed by atoms with Crippen molar-refractivity contribution < 1.29 is 4.79 Å². The molecule has 106 valence electrons. The zero-order valence-electron chi connectivity index (χ0n) is 12.2. The van der Waals surface area contributed by atoms with Crippen LogP contribution in [0.15, 0.2) is 48.7 Å². The molecule has 0 aliphatic carbocycles. The van der Waals surface area contributed by atoms with Crippen LogP contribution in [-0.4, -0.2) is 20.5 Å². The van der Waals surface area contributed by atoms with E-state index in [0.29, 0.717) is 11.7 Å². The van der Waals surface area contributed by atoms with Crippen LogP contribution >= 0.6 is 0 Å². The van der Waals surface area contributed by atoms with Crippen LogP contribution in [0, 0.1) is 0 Å². The Morgan fingerprint density at radius 2 is 1.95 bits per heavy atom. The van der Waals surface area contributed by atoms with Gasteiger partial charge in [-0.2, -0.15) is 5.10 Å². The highest BCUT2D eigenvalue weighted by molar-refractivity contribution is 5.97. The van der Waals surface area contributed by atoms with E-state index in [9.17, 15) is 4.79 Å². The summed E-state index contributed by atoms with van der Waals surface area (Å²) >= 11 is 0. The second-order valence-electron chi connectivity index (χ2n) is 5.37. The van der Waals surface area contributed by atoms with Crippen molar-refractivity contribution in [1.29, 1.82) is 0 Å². The number of rotatable bonds is 4. The van der Waals surface area contributed by atoms with Crippen molar-refractivity contribution in [2.24, 2.45) is 0 Å². The van der Waals surface area contributed by atoms with E-state index in [0.717, 1.165) is 16.6 Å². The van der Waals surface area contributed by atoms with Gasteiger partial charge in [0.1, 0.15) is 5.69 Å². The maximum atomic E-state index is 12.3. The average Bonchev–Trinajstić information content (AvgIpc) is 2.95. The lowest BCUT2D eigenvalue weighted by molar-refractivity contribution is 0.0987. The van der Waals surface area contributed by atoms with E-state index in [4.69, 9.17) is 0 Å². The lowest BCUT2D eigenvalue weighted by atomic mass is 10.1. The van der Waals surface area contributed by atoms with Crippen molar-refractivity contribution in [3.05, 3.63) is 60.0 Å². The molecule has 2 aromatic heterocycles. The summed E-state index contributed by atoms with van der Waals surface area (Å²) in [6, 6.07) is 13.7. The van der Waals surface area contributed by atoms with Gasteiger partial charge >= 0.3 is 0 Å². The molecule has 0 saturated carbocycles. The largest absolute Gasteiger partial charge is 0.292 e. The number of para-hydroxylation sites is 1. The second kappa shape index (κ2) is 5.48. The summed E-state index contributed by atoms with van der Waals surface area (Å²) in [7, 11) is 0. The van der Waals surface area contributed by atoms with Gasteiger partial charge in [-0.3, -0.25) is 9.48 Å². The number of Topliss-reactive ketones (excluding diaryl/α,β-unsaturated/α-hetero) is 1. The first-order valence-electron chi connectivity index (χ1n) is 7.06. The molecule has 0 radical (unpaired) electrons. The molecule has 3 rings (SSSR count). The molecule has 0 spiro atoms. The smallest absolute Gasteiger partial charge is 0.187 e. The first kappa shape index (κ1) is 13.5. The number of nitrogens with zero attached hydrogens (tertiary/aromatic N) is 3. The monoisotopic (exact) mass is 279 g/mol. The number of hydrogen-bond acceptors (Lipinski definition) is 3. The molecular formula is C17H17N3O. The molecule has 1 aromatic carbocycles.